The Balaban J connectivity index is 2.03. The van der Waals surface area contributed by atoms with Crippen molar-refractivity contribution in [2.45, 2.75) is 13.1 Å². The number of hydrogen-bond acceptors (Lipinski definition) is 3. The Morgan fingerprint density at radius 2 is 1.95 bits per heavy atom. The lowest BCUT2D eigenvalue weighted by molar-refractivity contribution is 0.319. The third-order valence-electron chi connectivity index (χ3n) is 2.82. The first-order valence-corrected chi connectivity index (χ1v) is 6.33. The van der Waals surface area contributed by atoms with E-state index in [0.717, 1.165) is 18.7 Å². The molecule has 1 aromatic heterocycles. The van der Waals surface area contributed by atoms with Crippen LogP contribution in [-0.4, -0.2) is 16.9 Å². The van der Waals surface area contributed by atoms with Crippen molar-refractivity contribution in [2.24, 2.45) is 0 Å². The monoisotopic (exact) mass is 271 g/mol. The Hall–Kier alpha value is -1.89. The van der Waals surface area contributed by atoms with E-state index >= 15 is 0 Å². The fourth-order valence-electron chi connectivity index (χ4n) is 1.89. The molecule has 0 aliphatic heterocycles. The Kier molecular flexibility index (Phi) is 4.51. The molecule has 1 aromatic carbocycles. The largest absolute Gasteiger partial charge is 0.298 e. The molecule has 4 heteroatoms. The minimum absolute atomic E-state index is 0.588. The third kappa shape index (κ3) is 3.78. The quantitative estimate of drug-likeness (QED) is 0.857. The van der Waals surface area contributed by atoms with Crippen molar-refractivity contribution in [2.75, 3.05) is 7.05 Å². The summed E-state index contributed by atoms with van der Waals surface area (Å²) in [5, 5.41) is 9.44. The summed E-state index contributed by atoms with van der Waals surface area (Å²) in [4.78, 5) is 6.17. The fraction of sp³-hybridized carbons (Fsp3) is 0.200. The van der Waals surface area contributed by atoms with Crippen LogP contribution in [0.15, 0.2) is 42.7 Å². The SMILES string of the molecule is CN(Cc1ccncc1)Cc1ccc(C#N)cc1Cl. The Labute approximate surface area is 118 Å². The van der Waals surface area contributed by atoms with Crippen LogP contribution < -0.4 is 0 Å². The van der Waals surface area contributed by atoms with Crippen LogP contribution in [0, 0.1) is 11.3 Å². The summed E-state index contributed by atoms with van der Waals surface area (Å²) in [6.45, 7) is 1.58. The average molecular weight is 272 g/mol. The maximum absolute atomic E-state index is 8.80. The van der Waals surface area contributed by atoms with Gasteiger partial charge in [0.1, 0.15) is 0 Å². The first kappa shape index (κ1) is 13.5. The lowest BCUT2D eigenvalue weighted by atomic mass is 10.1. The molecule has 3 nitrogen and oxygen atoms in total. The zero-order valence-corrected chi connectivity index (χ0v) is 11.4. The summed E-state index contributed by atoms with van der Waals surface area (Å²) >= 11 is 6.17. The van der Waals surface area contributed by atoms with Crippen molar-refractivity contribution in [1.29, 1.82) is 5.26 Å². The summed E-state index contributed by atoms with van der Waals surface area (Å²) in [5.74, 6) is 0. The van der Waals surface area contributed by atoms with Crippen LogP contribution in [0.25, 0.3) is 0 Å². The van der Waals surface area contributed by atoms with Gasteiger partial charge >= 0.3 is 0 Å². The first-order chi connectivity index (χ1) is 9.19. The normalized spacial score (nSPS) is 10.4. The van der Waals surface area contributed by atoms with E-state index in [0.29, 0.717) is 10.6 Å². The molecule has 0 radical (unpaired) electrons. The van der Waals surface area contributed by atoms with Gasteiger partial charge in [0.05, 0.1) is 11.6 Å². The standard InChI is InChI=1S/C15H14ClN3/c1-19(10-12-4-6-18-7-5-12)11-14-3-2-13(9-17)8-15(14)16/h2-8H,10-11H2,1H3. The van der Waals surface area contributed by atoms with E-state index in [1.165, 1.54) is 5.56 Å². The number of nitriles is 1. The van der Waals surface area contributed by atoms with Crippen molar-refractivity contribution < 1.29 is 0 Å². The summed E-state index contributed by atoms with van der Waals surface area (Å²) in [6, 6.07) is 11.5. The van der Waals surface area contributed by atoms with Crippen molar-refractivity contribution in [3.05, 3.63) is 64.4 Å². The molecule has 1 heterocycles. The van der Waals surface area contributed by atoms with Gasteiger partial charge in [-0.1, -0.05) is 17.7 Å². The van der Waals surface area contributed by atoms with Gasteiger partial charge in [0.15, 0.2) is 0 Å². The predicted octanol–water partition coefficient (Wildman–Crippen LogP) is 3.24. The van der Waals surface area contributed by atoms with Gasteiger partial charge < -0.3 is 0 Å². The van der Waals surface area contributed by atoms with E-state index in [-0.39, 0.29) is 0 Å². The van der Waals surface area contributed by atoms with Gasteiger partial charge in [0.2, 0.25) is 0 Å². The first-order valence-electron chi connectivity index (χ1n) is 5.95. The Bertz CT molecular complexity index is 590. The summed E-state index contributed by atoms with van der Waals surface area (Å²) in [6.07, 6.45) is 3.58. The second-order valence-corrected chi connectivity index (χ2v) is 4.85. The minimum atomic E-state index is 0.588. The van der Waals surface area contributed by atoms with Gasteiger partial charge in [0.25, 0.3) is 0 Å². The van der Waals surface area contributed by atoms with Gasteiger partial charge in [0, 0.05) is 30.5 Å². The number of aromatic nitrogens is 1. The zero-order valence-electron chi connectivity index (χ0n) is 10.7. The highest BCUT2D eigenvalue weighted by molar-refractivity contribution is 6.31. The summed E-state index contributed by atoms with van der Waals surface area (Å²) in [7, 11) is 2.04. The number of nitrogens with zero attached hydrogens (tertiary/aromatic N) is 3. The van der Waals surface area contributed by atoms with Gasteiger partial charge in [-0.2, -0.15) is 5.26 Å². The number of hydrogen-bond donors (Lipinski definition) is 0. The van der Waals surface area contributed by atoms with Gasteiger partial charge in [-0.25, -0.2) is 0 Å². The zero-order chi connectivity index (χ0) is 13.7. The van der Waals surface area contributed by atoms with Crippen molar-refractivity contribution in [1.82, 2.24) is 9.88 Å². The molecule has 0 spiro atoms. The van der Waals surface area contributed by atoms with Crippen molar-refractivity contribution in [3.63, 3.8) is 0 Å². The van der Waals surface area contributed by atoms with E-state index in [1.807, 2.05) is 25.2 Å². The molecule has 2 aromatic rings. The molecule has 0 bridgehead atoms. The van der Waals surface area contributed by atoms with Gasteiger partial charge in [-0.3, -0.25) is 9.88 Å². The minimum Gasteiger partial charge on any atom is -0.298 e. The van der Waals surface area contributed by atoms with E-state index < -0.39 is 0 Å². The number of halogens is 1. The van der Waals surface area contributed by atoms with Crippen LogP contribution in [0.5, 0.6) is 0 Å². The van der Waals surface area contributed by atoms with Crippen LogP contribution in [0.2, 0.25) is 5.02 Å². The maximum atomic E-state index is 8.80. The lowest BCUT2D eigenvalue weighted by Crippen LogP contribution is -2.17. The van der Waals surface area contributed by atoms with E-state index in [1.54, 1.807) is 24.5 Å². The van der Waals surface area contributed by atoms with Crippen molar-refractivity contribution >= 4 is 11.6 Å². The van der Waals surface area contributed by atoms with Crippen LogP contribution in [-0.2, 0) is 13.1 Å². The average Bonchev–Trinajstić information content (AvgIpc) is 2.42. The van der Waals surface area contributed by atoms with Crippen LogP contribution >= 0.6 is 11.6 Å². The molecule has 0 saturated heterocycles. The second-order valence-electron chi connectivity index (χ2n) is 4.45. The highest BCUT2D eigenvalue weighted by atomic mass is 35.5. The highest BCUT2D eigenvalue weighted by Gasteiger charge is 2.06. The van der Waals surface area contributed by atoms with E-state index in [4.69, 9.17) is 16.9 Å². The van der Waals surface area contributed by atoms with Crippen LogP contribution in [0.3, 0.4) is 0 Å². The summed E-state index contributed by atoms with van der Waals surface area (Å²) < 4.78 is 0. The van der Waals surface area contributed by atoms with Gasteiger partial charge in [-0.15, -0.1) is 0 Å². The summed E-state index contributed by atoms with van der Waals surface area (Å²) in [5.41, 5.74) is 2.82. The molecule has 96 valence electrons. The second kappa shape index (κ2) is 6.33. The third-order valence-corrected chi connectivity index (χ3v) is 3.18. The molecular formula is C15H14ClN3. The molecule has 19 heavy (non-hydrogen) atoms. The topological polar surface area (TPSA) is 39.9 Å². The smallest absolute Gasteiger partial charge is 0.0992 e. The fourth-order valence-corrected chi connectivity index (χ4v) is 2.13. The van der Waals surface area contributed by atoms with Crippen molar-refractivity contribution in [3.8, 4) is 6.07 Å². The molecule has 0 saturated carbocycles. The molecule has 0 aliphatic rings. The molecule has 0 atom stereocenters. The lowest BCUT2D eigenvalue weighted by Gasteiger charge is -2.17. The number of rotatable bonds is 4. The van der Waals surface area contributed by atoms with Crippen LogP contribution in [0.4, 0.5) is 0 Å². The van der Waals surface area contributed by atoms with Gasteiger partial charge in [-0.05, 0) is 42.4 Å². The molecule has 2 rings (SSSR count). The molecular weight excluding hydrogens is 258 g/mol. The molecule has 0 amide bonds. The Morgan fingerprint density at radius 3 is 2.58 bits per heavy atom. The number of benzene rings is 1. The van der Waals surface area contributed by atoms with Crippen LogP contribution in [0.1, 0.15) is 16.7 Å². The highest BCUT2D eigenvalue weighted by Crippen LogP contribution is 2.19. The predicted molar refractivity (Wildman–Crippen MR) is 75.6 cm³/mol. The maximum Gasteiger partial charge on any atom is 0.0992 e. The molecule has 0 fully saturated rings. The molecule has 0 unspecified atom stereocenters. The van der Waals surface area contributed by atoms with E-state index in [9.17, 15) is 0 Å². The van der Waals surface area contributed by atoms with E-state index in [2.05, 4.69) is 16.0 Å². The number of pyridine rings is 1. The Morgan fingerprint density at radius 1 is 1.21 bits per heavy atom. The molecule has 0 aliphatic carbocycles. The molecule has 0 N–H and O–H groups in total.